The molecule has 1 unspecified atom stereocenters. The van der Waals surface area contributed by atoms with Crippen LogP contribution in [0.1, 0.15) is 41.4 Å². The number of likely N-dealkylation sites (N-methyl/N-ethyl adjacent to an activating group) is 1. The van der Waals surface area contributed by atoms with E-state index >= 15 is 0 Å². The molecule has 0 radical (unpaired) electrons. The summed E-state index contributed by atoms with van der Waals surface area (Å²) in [4.78, 5) is 23.1. The van der Waals surface area contributed by atoms with E-state index in [2.05, 4.69) is 68.5 Å². The molecule has 1 amide bonds. The maximum Gasteiger partial charge on any atom is 0.255 e. The van der Waals surface area contributed by atoms with Crippen molar-refractivity contribution in [2.45, 2.75) is 25.3 Å². The summed E-state index contributed by atoms with van der Waals surface area (Å²) >= 11 is 0. The van der Waals surface area contributed by atoms with Crippen LogP contribution in [0, 0.1) is 5.92 Å². The van der Waals surface area contributed by atoms with E-state index in [-0.39, 0.29) is 11.9 Å². The van der Waals surface area contributed by atoms with E-state index in [1.165, 1.54) is 0 Å². The zero-order valence-corrected chi connectivity index (χ0v) is 21.1. The lowest BCUT2D eigenvalue weighted by atomic mass is 9.90. The summed E-state index contributed by atoms with van der Waals surface area (Å²) in [5.41, 5.74) is 3.80. The molecule has 2 aromatic carbocycles. The van der Waals surface area contributed by atoms with Crippen LogP contribution in [-0.4, -0.2) is 65.7 Å². The molecule has 1 aliphatic heterocycles. The second kappa shape index (κ2) is 11.1. The number of carbonyl (C=O) groups excluding carboxylic acids is 1. The van der Waals surface area contributed by atoms with Gasteiger partial charge in [-0.2, -0.15) is 0 Å². The van der Waals surface area contributed by atoms with Gasteiger partial charge in [-0.1, -0.05) is 42.5 Å². The summed E-state index contributed by atoms with van der Waals surface area (Å²) in [7, 11) is 3.50. The van der Waals surface area contributed by atoms with Crippen molar-refractivity contribution in [2.24, 2.45) is 5.92 Å². The molecule has 7 heteroatoms. The van der Waals surface area contributed by atoms with Gasteiger partial charge in [-0.25, -0.2) is 4.98 Å². The van der Waals surface area contributed by atoms with Crippen LogP contribution in [0.2, 0.25) is 0 Å². The monoisotopic (exact) mass is 485 g/mol. The maximum absolute atomic E-state index is 13.7. The van der Waals surface area contributed by atoms with E-state index in [0.29, 0.717) is 24.6 Å². The maximum atomic E-state index is 13.7. The fourth-order valence-electron chi connectivity index (χ4n) is 5.33. The van der Waals surface area contributed by atoms with Crippen molar-refractivity contribution in [3.63, 3.8) is 0 Å². The summed E-state index contributed by atoms with van der Waals surface area (Å²) in [5, 5.41) is 5.77. The van der Waals surface area contributed by atoms with Crippen LogP contribution < -0.4 is 5.32 Å². The van der Waals surface area contributed by atoms with Crippen LogP contribution >= 0.6 is 0 Å². The second-order valence-electron chi connectivity index (χ2n) is 9.73. The molecule has 5 rings (SSSR count). The van der Waals surface area contributed by atoms with Crippen molar-refractivity contribution in [2.75, 3.05) is 40.4 Å². The molecule has 1 fully saturated rings. The number of fused-ring (bicyclic) bond motifs is 1. The fraction of sp³-hybridized carbons (Fsp3) is 0.379. The largest absolute Gasteiger partial charge is 0.383 e. The molecule has 2 N–H and O–H groups in total. The first-order valence-electron chi connectivity index (χ1n) is 12.8. The van der Waals surface area contributed by atoms with Crippen molar-refractivity contribution in [1.29, 1.82) is 0 Å². The Balaban J connectivity index is 1.61. The smallest absolute Gasteiger partial charge is 0.255 e. The topological polar surface area (TPSA) is 75.2 Å². The third-order valence-electron chi connectivity index (χ3n) is 7.39. The Bertz CT molecular complexity index is 1290. The minimum Gasteiger partial charge on any atom is -0.383 e. The first-order valence-corrected chi connectivity index (χ1v) is 12.8. The number of hydrogen-bond acceptors (Lipinski definition) is 4. The number of ether oxygens (including phenoxy) is 1. The SMILES string of the molecule is COCCN(C)C(=O)c1cn(C(CC2CCNCC2)c2cnc[nH]2)cc1-c1cccc2ccccc12. The van der Waals surface area contributed by atoms with Crippen LogP contribution in [0.5, 0.6) is 0 Å². The average molecular weight is 486 g/mol. The molecular formula is C29H35N5O2. The molecule has 7 nitrogen and oxygen atoms in total. The highest BCUT2D eigenvalue weighted by atomic mass is 16.5. The standard InChI is InChI=1S/C29H35N5O2/c1-33(14-15-36-2)29(35)26-19-34(18-25(26)24-9-5-7-22-6-3-4-8-23(22)24)28(27-17-31-20-32-27)16-21-10-12-30-13-11-21/h3-9,17-21,28,30H,10-16H2,1-2H3,(H,31,32). The van der Waals surface area contributed by atoms with Gasteiger partial charge in [0.1, 0.15) is 0 Å². The van der Waals surface area contributed by atoms with Crippen LogP contribution in [-0.2, 0) is 4.74 Å². The van der Waals surface area contributed by atoms with E-state index in [1.54, 1.807) is 18.3 Å². The summed E-state index contributed by atoms with van der Waals surface area (Å²) < 4.78 is 7.46. The summed E-state index contributed by atoms with van der Waals surface area (Å²) in [6.07, 6.45) is 11.2. The number of aromatic nitrogens is 3. The molecule has 0 bridgehead atoms. The van der Waals surface area contributed by atoms with E-state index in [4.69, 9.17) is 4.74 Å². The first kappa shape index (κ1) is 24.3. The predicted molar refractivity (Wildman–Crippen MR) is 143 cm³/mol. The Morgan fingerprint density at radius 3 is 2.72 bits per heavy atom. The van der Waals surface area contributed by atoms with Crippen LogP contribution in [0.15, 0.2) is 67.4 Å². The van der Waals surface area contributed by atoms with Gasteiger partial charge in [0.25, 0.3) is 5.91 Å². The third-order valence-corrected chi connectivity index (χ3v) is 7.39. The number of rotatable bonds is 9. The zero-order chi connectivity index (χ0) is 24.9. The molecule has 36 heavy (non-hydrogen) atoms. The van der Waals surface area contributed by atoms with Crippen molar-refractivity contribution < 1.29 is 9.53 Å². The number of methoxy groups -OCH3 is 1. The molecule has 1 aliphatic rings. The normalized spacial score (nSPS) is 15.3. The number of carbonyl (C=O) groups is 1. The highest BCUT2D eigenvalue weighted by molar-refractivity contribution is 6.06. The third kappa shape index (κ3) is 5.08. The molecule has 188 valence electrons. The number of aromatic amines is 1. The molecular weight excluding hydrogens is 450 g/mol. The number of nitrogens with zero attached hydrogens (tertiary/aromatic N) is 3. The molecule has 2 aromatic heterocycles. The quantitative estimate of drug-likeness (QED) is 0.359. The van der Waals surface area contributed by atoms with Crippen molar-refractivity contribution >= 4 is 16.7 Å². The average Bonchev–Trinajstić information content (AvgIpc) is 3.61. The number of nitrogens with one attached hydrogen (secondary N) is 2. The molecule has 0 saturated carbocycles. The van der Waals surface area contributed by atoms with Crippen LogP contribution in [0.3, 0.4) is 0 Å². The van der Waals surface area contributed by atoms with Gasteiger partial charge >= 0.3 is 0 Å². The molecule has 3 heterocycles. The molecule has 1 atom stereocenters. The number of piperidine rings is 1. The van der Waals surface area contributed by atoms with E-state index in [0.717, 1.165) is 59.9 Å². The molecule has 0 spiro atoms. The summed E-state index contributed by atoms with van der Waals surface area (Å²) in [6.45, 7) is 3.15. The van der Waals surface area contributed by atoms with Gasteiger partial charge in [0.15, 0.2) is 0 Å². The van der Waals surface area contributed by atoms with Crippen molar-refractivity contribution in [3.05, 3.63) is 78.6 Å². The number of hydrogen-bond donors (Lipinski definition) is 2. The minimum atomic E-state index is -0.000962. The van der Waals surface area contributed by atoms with E-state index in [9.17, 15) is 4.79 Å². The number of amides is 1. The Morgan fingerprint density at radius 2 is 1.94 bits per heavy atom. The zero-order valence-electron chi connectivity index (χ0n) is 21.1. The van der Waals surface area contributed by atoms with Gasteiger partial charge < -0.3 is 24.5 Å². The summed E-state index contributed by atoms with van der Waals surface area (Å²) in [5.74, 6) is 0.616. The van der Waals surface area contributed by atoms with Gasteiger partial charge in [-0.3, -0.25) is 4.79 Å². The van der Waals surface area contributed by atoms with Crippen LogP contribution in [0.25, 0.3) is 21.9 Å². The lowest BCUT2D eigenvalue weighted by Crippen LogP contribution is -2.30. The van der Waals surface area contributed by atoms with Crippen molar-refractivity contribution in [3.8, 4) is 11.1 Å². The molecule has 0 aliphatic carbocycles. The Labute approximate surface area is 212 Å². The van der Waals surface area contributed by atoms with E-state index in [1.807, 2.05) is 19.4 Å². The Morgan fingerprint density at radius 1 is 1.14 bits per heavy atom. The highest BCUT2D eigenvalue weighted by Crippen LogP contribution is 2.36. The van der Waals surface area contributed by atoms with E-state index < -0.39 is 0 Å². The predicted octanol–water partition coefficient (Wildman–Crippen LogP) is 4.73. The second-order valence-corrected chi connectivity index (χ2v) is 9.73. The Kier molecular flexibility index (Phi) is 7.49. The van der Waals surface area contributed by atoms with Crippen LogP contribution in [0.4, 0.5) is 0 Å². The van der Waals surface area contributed by atoms with Gasteiger partial charge in [-0.05, 0) is 54.6 Å². The molecule has 4 aromatic rings. The van der Waals surface area contributed by atoms with Gasteiger partial charge in [-0.15, -0.1) is 0 Å². The Hall–Kier alpha value is -3.42. The number of benzene rings is 2. The lowest BCUT2D eigenvalue weighted by Gasteiger charge is -2.27. The number of imidazole rings is 1. The minimum absolute atomic E-state index is 0.000962. The van der Waals surface area contributed by atoms with Gasteiger partial charge in [0.05, 0.1) is 36.4 Å². The number of H-pyrrole nitrogens is 1. The van der Waals surface area contributed by atoms with Gasteiger partial charge in [0, 0.05) is 38.7 Å². The first-order chi connectivity index (χ1) is 17.7. The van der Waals surface area contributed by atoms with Crippen molar-refractivity contribution in [1.82, 2.24) is 24.8 Å². The summed E-state index contributed by atoms with van der Waals surface area (Å²) in [6, 6.07) is 14.7. The fourth-order valence-corrected chi connectivity index (χ4v) is 5.33. The van der Waals surface area contributed by atoms with Gasteiger partial charge in [0.2, 0.25) is 0 Å². The highest BCUT2D eigenvalue weighted by Gasteiger charge is 2.26. The lowest BCUT2D eigenvalue weighted by molar-refractivity contribution is 0.0745. The molecule has 1 saturated heterocycles.